The SMILES string of the molecule is CCOc1cc(C2C3=C(CC(C)(C)CC3=O)Nc3nnnn32)cc(Br)c1OCc1ccc(Cl)c(Cl)c1. The van der Waals surface area contributed by atoms with Crippen molar-refractivity contribution in [3.63, 3.8) is 0 Å². The van der Waals surface area contributed by atoms with Crippen molar-refractivity contribution in [3.8, 4) is 11.5 Å². The van der Waals surface area contributed by atoms with Gasteiger partial charge in [0, 0.05) is 17.7 Å². The number of benzene rings is 2. The molecule has 8 nitrogen and oxygen atoms in total. The third-order valence-electron chi connectivity index (χ3n) is 6.21. The Bertz CT molecular complexity index is 1390. The number of nitrogens with one attached hydrogen (secondary N) is 1. The first-order chi connectivity index (χ1) is 17.2. The van der Waals surface area contributed by atoms with Gasteiger partial charge in [0.1, 0.15) is 12.6 Å². The number of nitrogens with zero attached hydrogens (tertiary/aromatic N) is 4. The molecule has 0 fully saturated rings. The standard InChI is InChI=1S/C25H24BrCl2N5O3/c1-4-35-20-9-14(8-15(26)23(20)36-12-13-5-6-16(27)17(28)7-13)22-21-18(10-25(2,3)11-19(21)34)29-24-30-31-32-33(22)24/h5-9,22H,4,10-12H2,1-3H3,(H,29,30,32). The molecule has 5 rings (SSSR count). The van der Waals surface area contributed by atoms with Crippen LogP contribution in [0.1, 0.15) is 50.8 Å². The van der Waals surface area contributed by atoms with Crippen LogP contribution >= 0.6 is 39.1 Å². The first-order valence-electron chi connectivity index (χ1n) is 11.5. The van der Waals surface area contributed by atoms with E-state index in [1.165, 1.54) is 0 Å². The zero-order chi connectivity index (χ0) is 25.6. The van der Waals surface area contributed by atoms with Crippen molar-refractivity contribution in [2.24, 2.45) is 5.41 Å². The predicted octanol–water partition coefficient (Wildman–Crippen LogP) is 6.38. The fourth-order valence-electron chi connectivity index (χ4n) is 4.71. The summed E-state index contributed by atoms with van der Waals surface area (Å²) in [5.74, 6) is 1.66. The normalized spacial score (nSPS) is 18.4. The van der Waals surface area contributed by atoms with Crippen LogP contribution < -0.4 is 14.8 Å². The molecule has 1 N–H and O–H groups in total. The number of aromatic nitrogens is 4. The molecule has 3 aromatic rings. The molecule has 1 aliphatic heterocycles. The first kappa shape index (κ1) is 25.0. The number of tetrazole rings is 1. The van der Waals surface area contributed by atoms with E-state index in [2.05, 4.69) is 50.6 Å². The lowest BCUT2D eigenvalue weighted by atomic mass is 9.73. The molecule has 188 valence electrons. The van der Waals surface area contributed by atoms with Gasteiger partial charge in [-0.1, -0.05) is 48.2 Å². The summed E-state index contributed by atoms with van der Waals surface area (Å²) in [6.45, 7) is 6.78. The quantitative estimate of drug-likeness (QED) is 0.355. The van der Waals surface area contributed by atoms with Gasteiger partial charge in [-0.15, -0.1) is 0 Å². The van der Waals surface area contributed by atoms with Crippen molar-refractivity contribution in [3.05, 3.63) is 67.2 Å². The highest BCUT2D eigenvalue weighted by Crippen LogP contribution is 2.47. The van der Waals surface area contributed by atoms with E-state index in [-0.39, 0.29) is 17.8 Å². The minimum atomic E-state index is -0.491. The number of carbonyl (C=O) groups is 1. The van der Waals surface area contributed by atoms with Crippen LogP contribution in [0.3, 0.4) is 0 Å². The molecule has 0 spiro atoms. The van der Waals surface area contributed by atoms with Crippen molar-refractivity contribution in [2.45, 2.75) is 46.3 Å². The number of fused-ring (bicyclic) bond motifs is 1. The molecule has 1 aromatic heterocycles. The molecule has 0 radical (unpaired) electrons. The van der Waals surface area contributed by atoms with Gasteiger partial charge >= 0.3 is 0 Å². The molecule has 11 heteroatoms. The van der Waals surface area contributed by atoms with E-state index in [1.54, 1.807) is 16.8 Å². The summed E-state index contributed by atoms with van der Waals surface area (Å²) < 4.78 is 14.4. The number of carbonyl (C=O) groups excluding carboxylic acids is 1. The number of Topliss-reactive ketones (excluding diaryl/α,β-unsaturated/α-hetero) is 1. The predicted molar refractivity (Wildman–Crippen MR) is 141 cm³/mol. The van der Waals surface area contributed by atoms with E-state index in [0.717, 1.165) is 23.2 Å². The summed E-state index contributed by atoms with van der Waals surface area (Å²) in [5, 5.41) is 16.4. The molecule has 0 amide bonds. The summed E-state index contributed by atoms with van der Waals surface area (Å²) in [5.41, 5.74) is 3.06. The van der Waals surface area contributed by atoms with E-state index in [1.807, 2.05) is 25.1 Å². The van der Waals surface area contributed by atoms with E-state index >= 15 is 0 Å². The second-order valence-corrected chi connectivity index (χ2v) is 11.3. The fraction of sp³-hybridized carbons (Fsp3) is 0.360. The Balaban J connectivity index is 1.55. The summed E-state index contributed by atoms with van der Waals surface area (Å²) in [7, 11) is 0. The third-order valence-corrected chi connectivity index (χ3v) is 7.54. The lowest BCUT2D eigenvalue weighted by molar-refractivity contribution is -0.118. The van der Waals surface area contributed by atoms with Crippen LogP contribution in [0.4, 0.5) is 5.95 Å². The number of rotatable bonds is 6. The molecule has 0 saturated carbocycles. The van der Waals surface area contributed by atoms with Gasteiger partial charge in [-0.05, 0) is 80.5 Å². The van der Waals surface area contributed by atoms with Crippen LogP contribution in [0.15, 0.2) is 46.1 Å². The first-order valence-corrected chi connectivity index (χ1v) is 13.1. The number of hydrogen-bond donors (Lipinski definition) is 1. The van der Waals surface area contributed by atoms with Crippen LogP contribution in [0.5, 0.6) is 11.5 Å². The van der Waals surface area contributed by atoms with E-state index < -0.39 is 6.04 Å². The van der Waals surface area contributed by atoms with Crippen molar-refractivity contribution >= 4 is 50.9 Å². The molecule has 1 atom stereocenters. The van der Waals surface area contributed by atoms with E-state index in [9.17, 15) is 4.79 Å². The maximum absolute atomic E-state index is 13.4. The number of ketones is 1. The summed E-state index contributed by atoms with van der Waals surface area (Å²) >= 11 is 15.8. The average Bonchev–Trinajstić information content (AvgIpc) is 3.26. The number of hydrogen-bond acceptors (Lipinski definition) is 7. The highest BCUT2D eigenvalue weighted by Gasteiger charge is 2.42. The number of ether oxygens (including phenoxy) is 2. The maximum Gasteiger partial charge on any atom is 0.248 e. The highest BCUT2D eigenvalue weighted by molar-refractivity contribution is 9.10. The largest absolute Gasteiger partial charge is 0.490 e. The van der Waals surface area contributed by atoms with Gasteiger partial charge < -0.3 is 14.8 Å². The van der Waals surface area contributed by atoms with Crippen LogP contribution in [-0.2, 0) is 11.4 Å². The molecule has 36 heavy (non-hydrogen) atoms. The van der Waals surface area contributed by atoms with Crippen molar-refractivity contribution < 1.29 is 14.3 Å². The summed E-state index contributed by atoms with van der Waals surface area (Å²) in [6.07, 6.45) is 1.17. The second kappa shape index (κ2) is 9.68. The molecular weight excluding hydrogens is 569 g/mol. The van der Waals surface area contributed by atoms with Gasteiger partial charge in [0.15, 0.2) is 17.3 Å². The topological polar surface area (TPSA) is 91.2 Å². The van der Waals surface area contributed by atoms with Crippen molar-refractivity contribution in [1.29, 1.82) is 0 Å². The molecule has 2 aromatic carbocycles. The average molecular weight is 593 g/mol. The minimum Gasteiger partial charge on any atom is -0.490 e. The van der Waals surface area contributed by atoms with Crippen LogP contribution in [-0.4, -0.2) is 32.6 Å². The van der Waals surface area contributed by atoms with Gasteiger partial charge in [-0.25, -0.2) is 0 Å². The Labute approximate surface area is 227 Å². The fourth-order valence-corrected chi connectivity index (χ4v) is 5.61. The monoisotopic (exact) mass is 591 g/mol. The minimum absolute atomic E-state index is 0.0777. The van der Waals surface area contributed by atoms with Crippen LogP contribution in [0, 0.1) is 5.41 Å². The molecular formula is C25H24BrCl2N5O3. The van der Waals surface area contributed by atoms with Crippen LogP contribution in [0.25, 0.3) is 0 Å². The van der Waals surface area contributed by atoms with Gasteiger partial charge in [0.05, 0.1) is 21.1 Å². The highest BCUT2D eigenvalue weighted by atomic mass is 79.9. The Hall–Kier alpha value is -2.62. The number of allylic oxidation sites excluding steroid dienone is 2. The smallest absolute Gasteiger partial charge is 0.248 e. The van der Waals surface area contributed by atoms with Crippen LogP contribution in [0.2, 0.25) is 10.0 Å². The Morgan fingerprint density at radius 1 is 1.17 bits per heavy atom. The molecule has 2 heterocycles. The Morgan fingerprint density at radius 3 is 2.72 bits per heavy atom. The number of anilines is 1. The maximum atomic E-state index is 13.4. The van der Waals surface area contributed by atoms with Crippen molar-refractivity contribution in [2.75, 3.05) is 11.9 Å². The number of halogens is 3. The summed E-state index contributed by atoms with van der Waals surface area (Å²) in [6, 6.07) is 8.68. The van der Waals surface area contributed by atoms with Gasteiger partial charge in [-0.3, -0.25) is 4.79 Å². The lowest BCUT2D eigenvalue weighted by Gasteiger charge is -2.38. The Kier molecular flexibility index (Phi) is 6.74. The van der Waals surface area contributed by atoms with E-state index in [4.69, 9.17) is 32.7 Å². The molecule has 0 bridgehead atoms. The molecule has 1 unspecified atom stereocenters. The van der Waals surface area contributed by atoms with Gasteiger partial charge in [0.25, 0.3) is 0 Å². The molecule has 2 aliphatic rings. The Morgan fingerprint density at radius 2 is 1.97 bits per heavy atom. The lowest BCUT2D eigenvalue weighted by Crippen LogP contribution is -2.36. The molecule has 0 saturated heterocycles. The zero-order valence-electron chi connectivity index (χ0n) is 19.9. The second-order valence-electron chi connectivity index (χ2n) is 9.61. The summed E-state index contributed by atoms with van der Waals surface area (Å²) in [4.78, 5) is 13.4. The molecule has 1 aliphatic carbocycles. The van der Waals surface area contributed by atoms with Gasteiger partial charge in [-0.2, -0.15) is 4.68 Å². The van der Waals surface area contributed by atoms with Crippen molar-refractivity contribution in [1.82, 2.24) is 20.2 Å². The van der Waals surface area contributed by atoms with Gasteiger partial charge in [0.2, 0.25) is 5.95 Å². The van der Waals surface area contributed by atoms with E-state index in [0.29, 0.717) is 50.6 Å². The zero-order valence-corrected chi connectivity index (χ0v) is 23.0. The third kappa shape index (κ3) is 4.71.